The van der Waals surface area contributed by atoms with Crippen LogP contribution < -0.4 is 10.1 Å². The van der Waals surface area contributed by atoms with Crippen molar-refractivity contribution >= 4 is 38.6 Å². The fraction of sp³-hybridized carbons (Fsp3) is 0.438. The number of fused-ring (bicyclic) bond motifs is 3. The van der Waals surface area contributed by atoms with Crippen molar-refractivity contribution in [3.8, 4) is 5.75 Å². The lowest BCUT2D eigenvalue weighted by Gasteiger charge is -2.23. The molecule has 2 N–H and O–H groups in total. The molecule has 0 spiro atoms. The number of amides is 1. The van der Waals surface area contributed by atoms with Crippen LogP contribution in [0.3, 0.4) is 0 Å². The summed E-state index contributed by atoms with van der Waals surface area (Å²) in [5.41, 5.74) is 0.759. The number of hydrogen-bond donors (Lipinski definition) is 2. The van der Waals surface area contributed by atoms with E-state index in [1.165, 1.54) is 11.3 Å². The van der Waals surface area contributed by atoms with Crippen molar-refractivity contribution < 1.29 is 24.2 Å². The summed E-state index contributed by atoms with van der Waals surface area (Å²) in [5.74, 6) is -2.03. The number of hydrogen-bond acceptors (Lipinski definition) is 6. The number of ether oxygens (including phenoxy) is 2. The first kappa shape index (κ1) is 15.3. The van der Waals surface area contributed by atoms with Crippen LogP contribution in [0.2, 0.25) is 0 Å². The second-order valence-electron chi connectivity index (χ2n) is 6.02. The molecule has 2 saturated heterocycles. The van der Waals surface area contributed by atoms with Gasteiger partial charge in [-0.3, -0.25) is 9.59 Å². The Morgan fingerprint density at radius 2 is 2.08 bits per heavy atom. The Morgan fingerprint density at radius 3 is 2.79 bits per heavy atom. The van der Waals surface area contributed by atoms with Crippen molar-refractivity contribution in [2.75, 3.05) is 12.4 Å². The van der Waals surface area contributed by atoms with Crippen molar-refractivity contribution in [1.29, 1.82) is 0 Å². The summed E-state index contributed by atoms with van der Waals surface area (Å²) in [6.07, 6.45) is 0.754. The molecule has 2 aliphatic heterocycles. The maximum absolute atomic E-state index is 12.6. The molecule has 4 atom stereocenters. The zero-order chi connectivity index (χ0) is 16.8. The Labute approximate surface area is 141 Å². The summed E-state index contributed by atoms with van der Waals surface area (Å²) < 4.78 is 11.7. The molecular formula is C16H16N2O5S. The Hall–Kier alpha value is -2.19. The van der Waals surface area contributed by atoms with Crippen molar-refractivity contribution in [3.05, 3.63) is 18.2 Å². The Kier molecular flexibility index (Phi) is 3.65. The van der Waals surface area contributed by atoms with Crippen LogP contribution in [-0.2, 0) is 14.3 Å². The molecular weight excluding hydrogens is 332 g/mol. The van der Waals surface area contributed by atoms with Gasteiger partial charge in [-0.2, -0.15) is 0 Å². The quantitative estimate of drug-likeness (QED) is 0.878. The highest BCUT2D eigenvalue weighted by Crippen LogP contribution is 2.44. The molecule has 4 rings (SSSR count). The number of carboxylic acids is 1. The normalized spacial score (nSPS) is 28.2. The number of carbonyl (C=O) groups excluding carboxylic acids is 1. The van der Waals surface area contributed by atoms with Gasteiger partial charge in [0.1, 0.15) is 5.75 Å². The number of aliphatic carboxylic acids is 1. The maximum Gasteiger partial charge on any atom is 0.310 e. The van der Waals surface area contributed by atoms with Gasteiger partial charge in [-0.25, -0.2) is 4.98 Å². The number of aromatic nitrogens is 1. The van der Waals surface area contributed by atoms with Gasteiger partial charge >= 0.3 is 5.97 Å². The summed E-state index contributed by atoms with van der Waals surface area (Å²) in [4.78, 5) is 28.5. The van der Waals surface area contributed by atoms with E-state index in [0.29, 0.717) is 11.6 Å². The van der Waals surface area contributed by atoms with Gasteiger partial charge < -0.3 is 19.9 Å². The predicted molar refractivity (Wildman–Crippen MR) is 87.3 cm³/mol. The van der Waals surface area contributed by atoms with E-state index in [0.717, 1.165) is 22.4 Å². The Morgan fingerprint density at radius 1 is 1.33 bits per heavy atom. The smallest absolute Gasteiger partial charge is 0.310 e. The second kappa shape index (κ2) is 5.71. The molecule has 2 aliphatic rings. The van der Waals surface area contributed by atoms with Crippen LogP contribution in [0.15, 0.2) is 18.2 Å². The van der Waals surface area contributed by atoms with Crippen LogP contribution in [0.5, 0.6) is 5.75 Å². The molecule has 1 aromatic heterocycles. The first-order chi connectivity index (χ1) is 11.6. The van der Waals surface area contributed by atoms with Gasteiger partial charge in [0.25, 0.3) is 0 Å². The van der Waals surface area contributed by atoms with Crippen LogP contribution in [-0.4, -0.2) is 41.3 Å². The lowest BCUT2D eigenvalue weighted by atomic mass is 9.79. The van der Waals surface area contributed by atoms with Crippen molar-refractivity contribution in [1.82, 2.24) is 4.98 Å². The van der Waals surface area contributed by atoms with E-state index in [-0.39, 0.29) is 18.1 Å². The van der Waals surface area contributed by atoms with Crippen molar-refractivity contribution in [2.24, 2.45) is 11.8 Å². The first-order valence-corrected chi connectivity index (χ1v) is 8.52. The van der Waals surface area contributed by atoms with Gasteiger partial charge in [-0.15, -0.1) is 0 Å². The number of nitrogens with zero attached hydrogens (tertiary/aromatic N) is 1. The molecule has 1 aromatic carbocycles. The number of carbonyl (C=O) groups is 2. The number of benzene rings is 1. The second-order valence-corrected chi connectivity index (χ2v) is 7.05. The van der Waals surface area contributed by atoms with Gasteiger partial charge in [-0.1, -0.05) is 11.3 Å². The van der Waals surface area contributed by atoms with Crippen LogP contribution in [0.4, 0.5) is 5.13 Å². The van der Waals surface area contributed by atoms with E-state index in [1.807, 2.05) is 12.1 Å². The largest absolute Gasteiger partial charge is 0.497 e. The molecule has 0 saturated carbocycles. The lowest BCUT2D eigenvalue weighted by molar-refractivity contribution is -0.147. The zero-order valence-electron chi connectivity index (χ0n) is 12.9. The number of nitrogens with one attached hydrogen (secondary N) is 1. The van der Waals surface area contributed by atoms with E-state index in [2.05, 4.69) is 10.3 Å². The molecule has 2 bridgehead atoms. The SMILES string of the molecule is COc1ccc2nc(NC(=O)[C@@H]3[C@@H](C(=O)O)[C@H]4CC[C@@H]3O4)sc2c1. The molecule has 3 heterocycles. The summed E-state index contributed by atoms with van der Waals surface area (Å²) >= 11 is 1.33. The van der Waals surface area contributed by atoms with Gasteiger partial charge in [0.2, 0.25) is 5.91 Å². The monoisotopic (exact) mass is 348 g/mol. The molecule has 0 radical (unpaired) electrons. The average molecular weight is 348 g/mol. The minimum atomic E-state index is -0.976. The van der Waals surface area contributed by atoms with Crippen molar-refractivity contribution in [2.45, 2.75) is 25.0 Å². The van der Waals surface area contributed by atoms with E-state index < -0.39 is 17.8 Å². The molecule has 7 nitrogen and oxygen atoms in total. The van der Waals surface area contributed by atoms with E-state index >= 15 is 0 Å². The first-order valence-electron chi connectivity index (χ1n) is 7.70. The average Bonchev–Trinajstić information content (AvgIpc) is 3.26. The van der Waals surface area contributed by atoms with Gasteiger partial charge in [0.15, 0.2) is 5.13 Å². The molecule has 0 aliphatic carbocycles. The van der Waals surface area contributed by atoms with Crippen LogP contribution in [0, 0.1) is 11.8 Å². The van der Waals surface area contributed by atoms with Gasteiger partial charge in [-0.05, 0) is 31.0 Å². The molecule has 24 heavy (non-hydrogen) atoms. The molecule has 2 fully saturated rings. The van der Waals surface area contributed by atoms with E-state index in [1.54, 1.807) is 13.2 Å². The standard InChI is InChI=1S/C16H16N2O5S/c1-22-7-2-3-8-11(6-7)24-16(17-8)18-14(19)12-9-4-5-10(23-9)13(12)15(20)21/h2-3,6,9-10,12-13H,4-5H2,1H3,(H,20,21)(H,17,18,19)/t9-,10+,12-,13-/m0/s1. The predicted octanol–water partition coefficient (Wildman–Crippen LogP) is 2.12. The Balaban J connectivity index is 1.56. The lowest BCUT2D eigenvalue weighted by Crippen LogP contribution is -2.40. The third-order valence-electron chi connectivity index (χ3n) is 4.69. The summed E-state index contributed by atoms with van der Waals surface area (Å²) in [5, 5.41) is 12.6. The van der Waals surface area contributed by atoms with Gasteiger partial charge in [0, 0.05) is 0 Å². The fourth-order valence-corrected chi connectivity index (χ4v) is 4.50. The third kappa shape index (κ3) is 2.42. The number of anilines is 1. The maximum atomic E-state index is 12.6. The van der Waals surface area contributed by atoms with Crippen molar-refractivity contribution in [3.63, 3.8) is 0 Å². The molecule has 1 amide bonds. The van der Waals surface area contributed by atoms with Gasteiger partial charge in [0.05, 0.1) is 41.4 Å². The molecule has 0 unspecified atom stereocenters. The molecule has 8 heteroatoms. The topological polar surface area (TPSA) is 97.8 Å². The van der Waals surface area contributed by atoms with Crippen LogP contribution in [0.25, 0.3) is 10.2 Å². The number of carboxylic acid groups (broad SMARTS) is 1. The number of thiazole rings is 1. The van der Waals surface area contributed by atoms with Crippen LogP contribution >= 0.6 is 11.3 Å². The highest BCUT2D eigenvalue weighted by atomic mass is 32.1. The van der Waals surface area contributed by atoms with E-state index in [4.69, 9.17) is 9.47 Å². The number of rotatable bonds is 4. The summed E-state index contributed by atoms with van der Waals surface area (Å²) in [6.45, 7) is 0. The minimum Gasteiger partial charge on any atom is -0.497 e. The highest BCUT2D eigenvalue weighted by Gasteiger charge is 2.55. The third-order valence-corrected chi connectivity index (χ3v) is 5.62. The van der Waals surface area contributed by atoms with E-state index in [9.17, 15) is 14.7 Å². The summed E-state index contributed by atoms with van der Waals surface area (Å²) in [7, 11) is 1.59. The minimum absolute atomic E-state index is 0.314. The highest BCUT2D eigenvalue weighted by molar-refractivity contribution is 7.22. The molecule has 126 valence electrons. The fourth-order valence-electron chi connectivity index (χ4n) is 3.60. The Bertz CT molecular complexity index is 820. The summed E-state index contributed by atoms with van der Waals surface area (Å²) in [6, 6.07) is 5.47. The van der Waals surface area contributed by atoms with Crippen LogP contribution in [0.1, 0.15) is 12.8 Å². The number of methoxy groups -OCH3 is 1. The zero-order valence-corrected chi connectivity index (χ0v) is 13.7. The molecule has 2 aromatic rings.